The third kappa shape index (κ3) is 2.50. The molecule has 23 heavy (non-hydrogen) atoms. The fourth-order valence-electron chi connectivity index (χ4n) is 2.32. The molecule has 0 atom stereocenters. The summed E-state index contributed by atoms with van der Waals surface area (Å²) in [5, 5.41) is 11.2. The van der Waals surface area contributed by atoms with Crippen LogP contribution in [0.1, 0.15) is 17.1 Å². The number of fused-ring (bicyclic) bond motifs is 1. The fraction of sp³-hybridized carbons (Fsp3) is 0.143. The van der Waals surface area contributed by atoms with Gasteiger partial charge >= 0.3 is 6.18 Å². The monoisotopic (exact) mass is 320 g/mol. The summed E-state index contributed by atoms with van der Waals surface area (Å²) in [5.41, 5.74) is 7.11. The zero-order valence-electron chi connectivity index (χ0n) is 11.9. The number of halogens is 3. The van der Waals surface area contributed by atoms with Crippen LogP contribution in [0.2, 0.25) is 0 Å². The molecule has 6 nitrogen and oxygen atoms in total. The lowest BCUT2D eigenvalue weighted by molar-refractivity contribution is -0.144. The average molecular weight is 320 g/mol. The minimum absolute atomic E-state index is 0.0894. The molecule has 0 aromatic carbocycles. The second-order valence-electron chi connectivity index (χ2n) is 4.90. The zero-order valence-corrected chi connectivity index (χ0v) is 11.9. The van der Waals surface area contributed by atoms with E-state index in [0.29, 0.717) is 16.8 Å². The molecule has 3 heterocycles. The first-order valence-electron chi connectivity index (χ1n) is 6.51. The van der Waals surface area contributed by atoms with E-state index in [4.69, 9.17) is 11.1 Å². The number of nitrogens with zero attached hydrogens (tertiary/aromatic N) is 4. The van der Waals surface area contributed by atoms with E-state index >= 15 is 0 Å². The molecular weight excluding hydrogens is 309 g/mol. The van der Waals surface area contributed by atoms with E-state index in [-0.39, 0.29) is 11.2 Å². The summed E-state index contributed by atoms with van der Waals surface area (Å²) in [4.78, 5) is 7.52. The van der Waals surface area contributed by atoms with Crippen molar-refractivity contribution in [2.24, 2.45) is 5.73 Å². The highest BCUT2D eigenvalue weighted by Crippen LogP contribution is 2.31. The van der Waals surface area contributed by atoms with Crippen LogP contribution >= 0.6 is 0 Å². The van der Waals surface area contributed by atoms with Gasteiger partial charge in [-0.2, -0.15) is 13.2 Å². The number of hydrogen-bond donors (Lipinski definition) is 2. The molecule has 3 aromatic heterocycles. The van der Waals surface area contributed by atoms with Crippen molar-refractivity contribution in [1.29, 1.82) is 5.41 Å². The Kier molecular flexibility index (Phi) is 3.28. The Morgan fingerprint density at radius 2 is 2.09 bits per heavy atom. The molecule has 0 bridgehead atoms. The lowest BCUT2D eigenvalue weighted by atomic mass is 10.0. The van der Waals surface area contributed by atoms with Gasteiger partial charge in [-0.05, 0) is 24.6 Å². The van der Waals surface area contributed by atoms with Crippen LogP contribution < -0.4 is 5.73 Å². The maximum atomic E-state index is 12.9. The maximum absolute atomic E-state index is 12.9. The Morgan fingerprint density at radius 3 is 2.65 bits per heavy atom. The van der Waals surface area contributed by atoms with Gasteiger partial charge in [-0.3, -0.25) is 10.4 Å². The molecule has 3 aromatic rings. The van der Waals surface area contributed by atoms with Gasteiger partial charge < -0.3 is 5.73 Å². The van der Waals surface area contributed by atoms with E-state index < -0.39 is 17.8 Å². The highest BCUT2D eigenvalue weighted by Gasteiger charge is 2.37. The van der Waals surface area contributed by atoms with Crippen LogP contribution in [-0.2, 0) is 6.18 Å². The van der Waals surface area contributed by atoms with Crippen molar-refractivity contribution in [3.05, 3.63) is 47.7 Å². The van der Waals surface area contributed by atoms with Crippen LogP contribution in [0.5, 0.6) is 0 Å². The lowest BCUT2D eigenvalue weighted by Gasteiger charge is -2.11. The van der Waals surface area contributed by atoms with E-state index in [1.54, 1.807) is 37.5 Å². The topological polar surface area (TPSA) is 93.0 Å². The van der Waals surface area contributed by atoms with Crippen LogP contribution in [-0.4, -0.2) is 25.4 Å². The second kappa shape index (κ2) is 5.04. The van der Waals surface area contributed by atoms with Crippen molar-refractivity contribution in [3.63, 3.8) is 0 Å². The molecule has 0 amide bonds. The van der Waals surface area contributed by atoms with Gasteiger partial charge in [-0.15, -0.1) is 5.10 Å². The number of amidine groups is 1. The highest BCUT2D eigenvalue weighted by molar-refractivity contribution is 6.06. The first-order valence-corrected chi connectivity index (χ1v) is 6.51. The minimum atomic E-state index is -4.68. The van der Waals surface area contributed by atoms with Gasteiger partial charge in [0.15, 0.2) is 5.65 Å². The van der Waals surface area contributed by atoms with Crippen molar-refractivity contribution in [1.82, 2.24) is 19.6 Å². The largest absolute Gasteiger partial charge is 0.453 e. The van der Waals surface area contributed by atoms with Crippen LogP contribution in [0.4, 0.5) is 13.2 Å². The number of alkyl halides is 3. The van der Waals surface area contributed by atoms with Crippen molar-refractivity contribution >= 4 is 11.5 Å². The van der Waals surface area contributed by atoms with Gasteiger partial charge in [0.2, 0.25) is 0 Å². The molecule has 0 saturated carbocycles. The first-order chi connectivity index (χ1) is 10.8. The van der Waals surface area contributed by atoms with Crippen LogP contribution in [0.15, 0.2) is 30.6 Å². The van der Waals surface area contributed by atoms with Crippen molar-refractivity contribution in [2.75, 3.05) is 0 Å². The molecule has 3 rings (SSSR count). The smallest absolute Gasteiger partial charge is 0.384 e. The van der Waals surface area contributed by atoms with E-state index in [1.807, 2.05) is 0 Å². The number of pyridine rings is 2. The summed E-state index contributed by atoms with van der Waals surface area (Å²) in [7, 11) is 0. The highest BCUT2D eigenvalue weighted by atomic mass is 19.4. The van der Waals surface area contributed by atoms with E-state index in [0.717, 1.165) is 4.52 Å². The number of nitrogens with one attached hydrogen (secondary N) is 1. The Bertz CT molecular complexity index is 898. The fourth-order valence-corrected chi connectivity index (χ4v) is 2.32. The summed E-state index contributed by atoms with van der Waals surface area (Å²) >= 11 is 0. The van der Waals surface area contributed by atoms with Gasteiger partial charge in [0.05, 0.1) is 5.56 Å². The average Bonchev–Trinajstić information content (AvgIpc) is 2.93. The minimum Gasteiger partial charge on any atom is -0.384 e. The summed E-state index contributed by atoms with van der Waals surface area (Å²) in [6.45, 7) is 1.60. The molecule has 0 radical (unpaired) electrons. The van der Waals surface area contributed by atoms with E-state index in [2.05, 4.69) is 15.1 Å². The standard InChI is InChI=1S/C14H11F3N6/c1-7-5-9(8-3-2-4-20-6-8)10(11(18)19)12-21-13(14(15,16)17)22-23(7)12/h2-6H,1H3,(H3,18,19). The normalized spacial score (nSPS) is 11.8. The maximum Gasteiger partial charge on any atom is 0.453 e. The third-order valence-electron chi connectivity index (χ3n) is 3.28. The number of aryl methyl sites for hydroxylation is 1. The molecule has 118 valence electrons. The predicted molar refractivity (Wildman–Crippen MR) is 77.0 cm³/mol. The third-order valence-corrected chi connectivity index (χ3v) is 3.28. The summed E-state index contributed by atoms with van der Waals surface area (Å²) in [6, 6.07) is 5.02. The van der Waals surface area contributed by atoms with Crippen LogP contribution in [0.3, 0.4) is 0 Å². The van der Waals surface area contributed by atoms with Crippen molar-refractivity contribution in [2.45, 2.75) is 13.1 Å². The molecule has 0 fully saturated rings. The van der Waals surface area contributed by atoms with Crippen molar-refractivity contribution < 1.29 is 13.2 Å². The molecule has 0 aliphatic rings. The molecule has 0 aliphatic carbocycles. The molecule has 3 N–H and O–H groups in total. The number of rotatable bonds is 2. The predicted octanol–water partition coefficient (Wildman–Crippen LogP) is 2.40. The molecule has 0 saturated heterocycles. The van der Waals surface area contributed by atoms with Crippen LogP contribution in [0.25, 0.3) is 16.8 Å². The van der Waals surface area contributed by atoms with Gasteiger partial charge in [0.25, 0.3) is 5.82 Å². The lowest BCUT2D eigenvalue weighted by Crippen LogP contribution is -2.15. The van der Waals surface area contributed by atoms with Gasteiger partial charge in [-0.25, -0.2) is 9.50 Å². The van der Waals surface area contributed by atoms with Crippen LogP contribution in [0, 0.1) is 12.3 Å². The Labute approximate surface area is 128 Å². The summed E-state index contributed by atoms with van der Waals surface area (Å²) in [6.07, 6.45) is -1.57. The van der Waals surface area contributed by atoms with Gasteiger partial charge in [-0.1, -0.05) is 6.07 Å². The number of aromatic nitrogens is 4. The number of nitrogen functional groups attached to an aromatic ring is 1. The van der Waals surface area contributed by atoms with Gasteiger partial charge in [0.1, 0.15) is 5.84 Å². The second-order valence-corrected chi connectivity index (χ2v) is 4.90. The first kappa shape index (κ1) is 14.9. The van der Waals surface area contributed by atoms with E-state index in [1.165, 1.54) is 0 Å². The zero-order chi connectivity index (χ0) is 16.8. The van der Waals surface area contributed by atoms with Gasteiger partial charge in [0, 0.05) is 23.7 Å². The van der Waals surface area contributed by atoms with Crippen molar-refractivity contribution in [3.8, 4) is 11.1 Å². The quantitative estimate of drug-likeness (QED) is 0.560. The number of hydrogen-bond acceptors (Lipinski definition) is 4. The molecule has 9 heteroatoms. The molecule has 0 unspecified atom stereocenters. The Balaban J connectivity index is 2.39. The Morgan fingerprint density at radius 1 is 1.35 bits per heavy atom. The molecule has 0 aliphatic heterocycles. The van der Waals surface area contributed by atoms with E-state index in [9.17, 15) is 13.2 Å². The summed E-state index contributed by atoms with van der Waals surface area (Å²) in [5.74, 6) is -1.67. The molecule has 0 spiro atoms. The number of nitrogens with two attached hydrogens (primary N) is 1. The summed E-state index contributed by atoms with van der Waals surface area (Å²) < 4.78 is 39.7. The Hall–Kier alpha value is -2.97. The molecular formula is C14H11F3N6. The SMILES string of the molecule is Cc1cc(-c2cccnc2)c(C(=N)N)c2nc(C(F)(F)F)nn12.